The highest BCUT2D eigenvalue weighted by molar-refractivity contribution is 5.89. The Morgan fingerprint density at radius 3 is 2.38 bits per heavy atom. The Hall–Kier alpha value is -3.25. The average molecular weight is 339 g/mol. The zero-order valence-corrected chi connectivity index (χ0v) is 15.3. The van der Waals surface area contributed by atoms with Crippen LogP contribution >= 0.6 is 0 Å². The van der Waals surface area contributed by atoms with Gasteiger partial charge in [-0.05, 0) is 48.7 Å². The van der Waals surface area contributed by atoms with E-state index in [1.807, 2.05) is 18.2 Å². The van der Waals surface area contributed by atoms with E-state index in [0.717, 1.165) is 17.1 Å². The lowest BCUT2D eigenvalue weighted by atomic mass is 10.0. The normalized spacial score (nSPS) is 15.7. The number of aryl methyl sites for hydroxylation is 1. The van der Waals surface area contributed by atoms with Crippen LogP contribution in [0.1, 0.15) is 18.1 Å². The maximum Gasteiger partial charge on any atom is 0.103 e. The van der Waals surface area contributed by atoms with Crippen LogP contribution in [0.3, 0.4) is 0 Å². The molecular formula is C23H21N3. The second-order valence-corrected chi connectivity index (χ2v) is 6.77. The molecule has 3 aromatic rings. The second kappa shape index (κ2) is 6.24. The Labute approximate surface area is 154 Å². The lowest BCUT2D eigenvalue weighted by molar-refractivity contribution is 0.732. The largest absolute Gasteiger partial charge is 0.352 e. The van der Waals surface area contributed by atoms with Crippen LogP contribution in [0, 0.1) is 18.3 Å². The Morgan fingerprint density at radius 2 is 1.65 bits per heavy atom. The molecule has 1 aliphatic rings. The van der Waals surface area contributed by atoms with E-state index < -0.39 is 0 Å². The Bertz CT molecular complexity index is 1000. The summed E-state index contributed by atoms with van der Waals surface area (Å²) >= 11 is 0. The average Bonchev–Trinajstić information content (AvgIpc) is 2.94. The summed E-state index contributed by atoms with van der Waals surface area (Å²) in [6.07, 6.45) is 0.143. The van der Waals surface area contributed by atoms with Crippen molar-refractivity contribution in [3.8, 4) is 17.2 Å². The summed E-state index contributed by atoms with van der Waals surface area (Å²) in [5.74, 6) is 0. The van der Waals surface area contributed by atoms with Gasteiger partial charge in [0.2, 0.25) is 0 Å². The number of nitrogens with zero attached hydrogens (tertiary/aromatic N) is 3. The highest BCUT2D eigenvalue weighted by atomic mass is 15.4. The van der Waals surface area contributed by atoms with E-state index in [2.05, 4.69) is 85.3 Å². The van der Waals surface area contributed by atoms with Crippen LogP contribution in [0.25, 0.3) is 11.1 Å². The Kier molecular flexibility index (Phi) is 3.89. The van der Waals surface area contributed by atoms with Gasteiger partial charge in [-0.25, -0.2) is 0 Å². The third-order valence-electron chi connectivity index (χ3n) is 5.27. The second-order valence-electron chi connectivity index (χ2n) is 6.77. The van der Waals surface area contributed by atoms with Gasteiger partial charge in [0.1, 0.15) is 12.2 Å². The first-order valence-corrected chi connectivity index (χ1v) is 8.83. The molecule has 0 N–H and O–H groups in total. The van der Waals surface area contributed by atoms with Crippen LogP contribution in [0.4, 0.5) is 17.1 Å². The van der Waals surface area contributed by atoms with E-state index in [4.69, 9.17) is 0 Å². The first-order valence-electron chi connectivity index (χ1n) is 8.83. The van der Waals surface area contributed by atoms with Gasteiger partial charge < -0.3 is 9.80 Å². The summed E-state index contributed by atoms with van der Waals surface area (Å²) in [7, 11) is 2.08. The van der Waals surface area contributed by atoms with Crippen LogP contribution in [0.5, 0.6) is 0 Å². The number of nitriles is 1. The molecule has 26 heavy (non-hydrogen) atoms. The Morgan fingerprint density at radius 1 is 0.885 bits per heavy atom. The van der Waals surface area contributed by atoms with Crippen molar-refractivity contribution in [1.29, 1.82) is 5.26 Å². The third-order valence-corrected chi connectivity index (χ3v) is 5.27. The third kappa shape index (κ3) is 2.43. The monoisotopic (exact) mass is 339 g/mol. The molecule has 1 heterocycles. The molecule has 0 saturated carbocycles. The molecule has 1 atom stereocenters. The molecule has 3 heteroatoms. The fourth-order valence-electron chi connectivity index (χ4n) is 3.72. The van der Waals surface area contributed by atoms with Crippen molar-refractivity contribution in [2.45, 2.75) is 20.0 Å². The van der Waals surface area contributed by atoms with Gasteiger partial charge in [0.25, 0.3) is 0 Å². The fraction of sp³-hybridized carbons (Fsp3) is 0.174. The maximum atomic E-state index is 9.65. The van der Waals surface area contributed by atoms with Gasteiger partial charge in [0.15, 0.2) is 0 Å². The van der Waals surface area contributed by atoms with Crippen LogP contribution in [-0.2, 0) is 0 Å². The summed E-state index contributed by atoms with van der Waals surface area (Å²) in [6.45, 7) is 4.31. The Balaban J connectivity index is 1.91. The van der Waals surface area contributed by atoms with Crippen molar-refractivity contribution >= 4 is 17.1 Å². The first kappa shape index (κ1) is 16.2. The van der Waals surface area contributed by atoms with Crippen LogP contribution in [0.15, 0.2) is 66.7 Å². The SMILES string of the molecule is Cc1ccc(-c2ccccc2)cc1N1c2c(C#N)cccc2N(C)[C@@H]1C. The fourth-order valence-corrected chi connectivity index (χ4v) is 3.72. The molecule has 0 amide bonds. The van der Waals surface area contributed by atoms with E-state index in [-0.39, 0.29) is 6.17 Å². The van der Waals surface area contributed by atoms with Gasteiger partial charge in [0.05, 0.1) is 16.9 Å². The summed E-state index contributed by atoms with van der Waals surface area (Å²) < 4.78 is 0. The number of fused-ring (bicyclic) bond motifs is 1. The maximum absolute atomic E-state index is 9.65. The predicted octanol–water partition coefficient (Wildman–Crippen LogP) is 5.47. The number of hydrogen-bond acceptors (Lipinski definition) is 3. The summed E-state index contributed by atoms with van der Waals surface area (Å²) in [5.41, 5.74) is 7.53. The minimum Gasteiger partial charge on any atom is -0.352 e. The van der Waals surface area contributed by atoms with E-state index in [9.17, 15) is 5.26 Å². The summed E-state index contributed by atoms with van der Waals surface area (Å²) in [6, 6.07) is 25.3. The lowest BCUT2D eigenvalue weighted by Gasteiger charge is -2.29. The molecule has 0 fully saturated rings. The molecule has 3 aromatic carbocycles. The zero-order chi connectivity index (χ0) is 18.3. The van der Waals surface area contributed by atoms with Gasteiger partial charge in [-0.3, -0.25) is 0 Å². The predicted molar refractivity (Wildman–Crippen MR) is 108 cm³/mol. The minimum atomic E-state index is 0.143. The molecular weight excluding hydrogens is 318 g/mol. The topological polar surface area (TPSA) is 30.3 Å². The molecule has 3 nitrogen and oxygen atoms in total. The van der Waals surface area contributed by atoms with Crippen LogP contribution in [0.2, 0.25) is 0 Å². The number of rotatable bonds is 2. The molecule has 0 spiro atoms. The van der Waals surface area contributed by atoms with Crippen molar-refractivity contribution in [3.05, 3.63) is 77.9 Å². The zero-order valence-electron chi connectivity index (χ0n) is 15.3. The molecule has 0 saturated heterocycles. The summed E-state index contributed by atoms with van der Waals surface area (Å²) in [5, 5.41) is 9.65. The number of para-hydroxylation sites is 1. The van der Waals surface area contributed by atoms with Gasteiger partial charge in [0, 0.05) is 12.7 Å². The highest BCUT2D eigenvalue weighted by Gasteiger charge is 2.34. The summed E-state index contributed by atoms with van der Waals surface area (Å²) in [4.78, 5) is 4.51. The van der Waals surface area contributed by atoms with E-state index >= 15 is 0 Å². The van der Waals surface area contributed by atoms with Gasteiger partial charge in [-0.2, -0.15) is 5.26 Å². The molecule has 0 bridgehead atoms. The molecule has 0 aliphatic carbocycles. The van der Waals surface area contributed by atoms with Crippen molar-refractivity contribution in [2.75, 3.05) is 16.8 Å². The quantitative estimate of drug-likeness (QED) is 0.620. The van der Waals surface area contributed by atoms with Crippen molar-refractivity contribution in [1.82, 2.24) is 0 Å². The standard InChI is InChI=1S/C23H21N3/c1-16-12-13-19(18-8-5-4-6-9-18)14-22(16)26-17(2)25(3)21-11-7-10-20(15-24)23(21)26/h4-14,17H,1-3H3/t17-/m0/s1. The van der Waals surface area contributed by atoms with Crippen LogP contribution < -0.4 is 9.80 Å². The molecule has 0 aromatic heterocycles. The highest BCUT2D eigenvalue weighted by Crippen LogP contribution is 2.46. The van der Waals surface area contributed by atoms with E-state index in [0.29, 0.717) is 5.56 Å². The van der Waals surface area contributed by atoms with Gasteiger partial charge >= 0.3 is 0 Å². The molecule has 1 aliphatic heterocycles. The van der Waals surface area contributed by atoms with Gasteiger partial charge in [-0.1, -0.05) is 48.5 Å². The number of hydrogen-bond donors (Lipinski definition) is 0. The molecule has 128 valence electrons. The van der Waals surface area contributed by atoms with Crippen molar-refractivity contribution in [2.24, 2.45) is 0 Å². The molecule has 0 radical (unpaired) electrons. The number of benzene rings is 3. The first-order chi connectivity index (χ1) is 12.6. The smallest absolute Gasteiger partial charge is 0.103 e. The lowest BCUT2D eigenvalue weighted by Crippen LogP contribution is -2.36. The number of anilines is 3. The van der Waals surface area contributed by atoms with Gasteiger partial charge in [-0.15, -0.1) is 0 Å². The van der Waals surface area contributed by atoms with Crippen molar-refractivity contribution < 1.29 is 0 Å². The van der Waals surface area contributed by atoms with E-state index in [1.54, 1.807) is 0 Å². The van der Waals surface area contributed by atoms with Crippen LogP contribution in [-0.4, -0.2) is 13.2 Å². The van der Waals surface area contributed by atoms with Crippen molar-refractivity contribution in [3.63, 3.8) is 0 Å². The van der Waals surface area contributed by atoms with E-state index in [1.165, 1.54) is 16.7 Å². The molecule has 4 rings (SSSR count). The molecule has 0 unspecified atom stereocenters. The minimum absolute atomic E-state index is 0.143.